The summed E-state index contributed by atoms with van der Waals surface area (Å²) in [7, 11) is 0. The average Bonchev–Trinajstić information content (AvgIpc) is 3.38. The normalized spacial score (nSPS) is 10.2. The molecule has 0 aliphatic heterocycles. The van der Waals surface area contributed by atoms with Crippen LogP contribution in [0.4, 0.5) is 0 Å². The van der Waals surface area contributed by atoms with E-state index in [1.165, 1.54) is 11.1 Å². The fraction of sp³-hybridized carbons (Fsp3) is 0.0714. The lowest BCUT2D eigenvalue weighted by molar-refractivity contribution is 0.584. The summed E-state index contributed by atoms with van der Waals surface area (Å²) in [6.07, 6.45) is 0. The molecule has 0 bridgehead atoms. The van der Waals surface area contributed by atoms with Gasteiger partial charge in [-0.05, 0) is 35.4 Å². The van der Waals surface area contributed by atoms with Gasteiger partial charge >= 0.3 is 0 Å². The van der Waals surface area contributed by atoms with Gasteiger partial charge < -0.3 is 9.73 Å². The molecule has 4 heteroatoms. The van der Waals surface area contributed by atoms with Crippen molar-refractivity contribution in [1.82, 2.24) is 15.5 Å². The predicted molar refractivity (Wildman–Crippen MR) is 129 cm³/mol. The topological polar surface area (TPSA) is 51.0 Å². The fourth-order valence-corrected chi connectivity index (χ4v) is 3.16. The van der Waals surface area contributed by atoms with E-state index in [1.807, 2.05) is 72.8 Å². The molecule has 0 saturated carbocycles. The molecule has 4 aromatic carbocycles. The second-order valence-electron chi connectivity index (χ2n) is 7.22. The number of hydrogen-bond donors (Lipinski definition) is 1. The number of benzene rings is 4. The molecule has 0 fully saturated rings. The molecule has 0 amide bonds. The Morgan fingerprint density at radius 3 is 1.19 bits per heavy atom. The smallest absolute Gasteiger partial charge is 0.248 e. The van der Waals surface area contributed by atoms with E-state index in [-0.39, 0.29) is 0 Å². The van der Waals surface area contributed by atoms with Crippen LogP contribution in [0.15, 0.2) is 126 Å². The first-order chi connectivity index (χ1) is 15.9. The molecule has 32 heavy (non-hydrogen) atoms. The third-order valence-corrected chi connectivity index (χ3v) is 4.81. The Kier molecular flexibility index (Phi) is 7.56. The SMILES string of the molecule is c1ccc(-c2nnc(-c3ccccc3)o2)cc1.c1ccc(CNCc2ccccc2)cc1. The summed E-state index contributed by atoms with van der Waals surface area (Å²) in [6.45, 7) is 1.85. The van der Waals surface area contributed by atoms with Crippen LogP contribution in [0.5, 0.6) is 0 Å². The summed E-state index contributed by atoms with van der Waals surface area (Å²) in [6, 6.07) is 40.4. The molecule has 0 aliphatic rings. The molecule has 0 atom stereocenters. The van der Waals surface area contributed by atoms with Gasteiger partial charge in [0.05, 0.1) is 0 Å². The molecule has 1 N–H and O–H groups in total. The lowest BCUT2D eigenvalue weighted by Gasteiger charge is -2.04. The third kappa shape index (κ3) is 6.24. The Morgan fingerprint density at radius 1 is 0.469 bits per heavy atom. The molecule has 1 heterocycles. The Balaban J connectivity index is 0.000000155. The highest BCUT2D eigenvalue weighted by Crippen LogP contribution is 2.23. The summed E-state index contributed by atoms with van der Waals surface area (Å²) < 4.78 is 5.63. The van der Waals surface area contributed by atoms with Crippen LogP contribution in [0.2, 0.25) is 0 Å². The van der Waals surface area contributed by atoms with E-state index in [0.717, 1.165) is 24.2 Å². The van der Waals surface area contributed by atoms with Crippen LogP contribution >= 0.6 is 0 Å². The largest absolute Gasteiger partial charge is 0.416 e. The maximum absolute atomic E-state index is 5.63. The Morgan fingerprint density at radius 2 is 0.812 bits per heavy atom. The molecule has 5 aromatic rings. The molecular weight excluding hydrogens is 394 g/mol. The lowest BCUT2D eigenvalue weighted by atomic mass is 10.2. The van der Waals surface area contributed by atoms with E-state index in [1.54, 1.807) is 0 Å². The highest BCUT2D eigenvalue weighted by atomic mass is 16.4. The van der Waals surface area contributed by atoms with Crippen molar-refractivity contribution in [3.05, 3.63) is 132 Å². The van der Waals surface area contributed by atoms with E-state index < -0.39 is 0 Å². The Bertz CT molecular complexity index is 1080. The minimum absolute atomic E-state index is 0.546. The molecule has 158 valence electrons. The van der Waals surface area contributed by atoms with Gasteiger partial charge in [-0.15, -0.1) is 10.2 Å². The standard InChI is InChI=1S/C14H10N2O.C14H15N/c1-3-7-11(8-4-1)13-15-16-14(17-13)12-9-5-2-6-10-12;1-3-7-13(8-4-1)11-15-12-14-9-5-2-6-10-14/h1-10H;1-10,15H,11-12H2. The fourth-order valence-electron chi connectivity index (χ4n) is 3.16. The molecular formula is C28H25N3O. The first-order valence-electron chi connectivity index (χ1n) is 10.6. The van der Waals surface area contributed by atoms with E-state index in [2.05, 4.69) is 64.0 Å². The molecule has 0 saturated heterocycles. The number of rotatable bonds is 6. The minimum atomic E-state index is 0.546. The van der Waals surface area contributed by atoms with Gasteiger partial charge in [-0.3, -0.25) is 0 Å². The van der Waals surface area contributed by atoms with E-state index in [4.69, 9.17) is 4.42 Å². The number of hydrogen-bond acceptors (Lipinski definition) is 4. The zero-order chi connectivity index (χ0) is 21.8. The van der Waals surface area contributed by atoms with Crippen molar-refractivity contribution in [1.29, 1.82) is 0 Å². The number of aromatic nitrogens is 2. The molecule has 1 aromatic heterocycles. The lowest BCUT2D eigenvalue weighted by Crippen LogP contribution is -2.12. The maximum atomic E-state index is 5.63. The molecule has 4 nitrogen and oxygen atoms in total. The average molecular weight is 420 g/mol. The van der Waals surface area contributed by atoms with E-state index in [0.29, 0.717) is 11.8 Å². The Hall–Kier alpha value is -4.02. The molecule has 0 spiro atoms. The van der Waals surface area contributed by atoms with Gasteiger partial charge in [-0.2, -0.15) is 0 Å². The highest BCUT2D eigenvalue weighted by molar-refractivity contribution is 5.57. The zero-order valence-corrected chi connectivity index (χ0v) is 17.8. The second-order valence-corrected chi connectivity index (χ2v) is 7.22. The minimum Gasteiger partial charge on any atom is -0.416 e. The second kappa shape index (κ2) is 11.4. The van der Waals surface area contributed by atoms with Crippen molar-refractivity contribution < 1.29 is 4.42 Å². The molecule has 0 aliphatic carbocycles. The van der Waals surface area contributed by atoms with Crippen LogP contribution in [0.3, 0.4) is 0 Å². The molecule has 0 unspecified atom stereocenters. The maximum Gasteiger partial charge on any atom is 0.248 e. The van der Waals surface area contributed by atoms with E-state index in [9.17, 15) is 0 Å². The van der Waals surface area contributed by atoms with Crippen LogP contribution in [-0.2, 0) is 13.1 Å². The van der Waals surface area contributed by atoms with Crippen LogP contribution in [0.25, 0.3) is 22.9 Å². The van der Waals surface area contributed by atoms with Crippen LogP contribution in [0, 0.1) is 0 Å². The summed E-state index contributed by atoms with van der Waals surface area (Å²) in [5, 5.41) is 11.5. The van der Waals surface area contributed by atoms with Crippen molar-refractivity contribution in [3.8, 4) is 22.9 Å². The first-order valence-corrected chi connectivity index (χ1v) is 10.6. The molecule has 5 rings (SSSR count). The van der Waals surface area contributed by atoms with Crippen LogP contribution < -0.4 is 5.32 Å². The van der Waals surface area contributed by atoms with Gasteiger partial charge in [0.2, 0.25) is 11.8 Å². The van der Waals surface area contributed by atoms with Gasteiger partial charge in [0.1, 0.15) is 0 Å². The van der Waals surface area contributed by atoms with Crippen molar-refractivity contribution >= 4 is 0 Å². The summed E-state index contributed by atoms with van der Waals surface area (Å²) >= 11 is 0. The summed E-state index contributed by atoms with van der Waals surface area (Å²) in [4.78, 5) is 0. The van der Waals surface area contributed by atoms with Crippen LogP contribution in [0.1, 0.15) is 11.1 Å². The summed E-state index contributed by atoms with van der Waals surface area (Å²) in [5.74, 6) is 1.09. The molecule has 0 radical (unpaired) electrons. The zero-order valence-electron chi connectivity index (χ0n) is 17.8. The quantitative estimate of drug-likeness (QED) is 0.347. The van der Waals surface area contributed by atoms with Gasteiger partial charge in [0.25, 0.3) is 0 Å². The predicted octanol–water partition coefficient (Wildman–Crippen LogP) is 6.38. The van der Waals surface area contributed by atoms with Gasteiger partial charge in [-0.1, -0.05) is 97.1 Å². The monoisotopic (exact) mass is 419 g/mol. The van der Waals surface area contributed by atoms with E-state index >= 15 is 0 Å². The van der Waals surface area contributed by atoms with Gasteiger partial charge in [0.15, 0.2) is 0 Å². The van der Waals surface area contributed by atoms with Crippen molar-refractivity contribution in [2.24, 2.45) is 0 Å². The van der Waals surface area contributed by atoms with Crippen molar-refractivity contribution in [3.63, 3.8) is 0 Å². The van der Waals surface area contributed by atoms with Crippen molar-refractivity contribution in [2.45, 2.75) is 13.1 Å². The van der Waals surface area contributed by atoms with Crippen molar-refractivity contribution in [2.75, 3.05) is 0 Å². The third-order valence-electron chi connectivity index (χ3n) is 4.81. The highest BCUT2D eigenvalue weighted by Gasteiger charge is 2.09. The first kappa shape index (κ1) is 21.2. The van der Waals surface area contributed by atoms with Crippen LogP contribution in [-0.4, -0.2) is 10.2 Å². The Labute approximate surface area is 188 Å². The van der Waals surface area contributed by atoms with Gasteiger partial charge in [-0.25, -0.2) is 0 Å². The number of nitrogens with one attached hydrogen (secondary N) is 1. The summed E-state index contributed by atoms with van der Waals surface area (Å²) in [5.41, 5.74) is 4.52. The number of nitrogens with zero attached hydrogens (tertiary/aromatic N) is 2. The van der Waals surface area contributed by atoms with Gasteiger partial charge in [0, 0.05) is 24.2 Å².